The first-order valence-corrected chi connectivity index (χ1v) is 15.2. The van der Waals surface area contributed by atoms with Gasteiger partial charge in [-0.2, -0.15) is 0 Å². The van der Waals surface area contributed by atoms with Gasteiger partial charge >= 0.3 is 5.97 Å². The molecule has 0 unspecified atom stereocenters. The first-order chi connectivity index (χ1) is 21.0. The minimum atomic E-state index is -0.623. The predicted octanol–water partition coefficient (Wildman–Crippen LogP) is 6.69. The number of methoxy groups -OCH3 is 2. The summed E-state index contributed by atoms with van der Waals surface area (Å²) in [4.78, 5) is 28.8. The van der Waals surface area contributed by atoms with Crippen molar-refractivity contribution in [1.82, 2.24) is 9.88 Å². The number of aromatic nitrogens is 1. The molecule has 8 heteroatoms. The lowest BCUT2D eigenvalue weighted by Gasteiger charge is -2.14. The summed E-state index contributed by atoms with van der Waals surface area (Å²) < 4.78 is 18.3. The normalized spacial score (nSPS) is 11.0. The summed E-state index contributed by atoms with van der Waals surface area (Å²) in [5.41, 5.74) is 3.78. The lowest BCUT2D eigenvalue weighted by atomic mass is 10.0. The van der Waals surface area contributed by atoms with Gasteiger partial charge in [0.05, 0.1) is 32.8 Å². The van der Waals surface area contributed by atoms with Crippen LogP contribution in [0.3, 0.4) is 0 Å². The van der Waals surface area contributed by atoms with Gasteiger partial charge in [-0.05, 0) is 73.3 Å². The van der Waals surface area contributed by atoms with E-state index < -0.39 is 5.97 Å². The number of ether oxygens (including phenoxy) is 3. The van der Waals surface area contributed by atoms with Crippen LogP contribution < -0.4 is 20.2 Å². The van der Waals surface area contributed by atoms with Crippen molar-refractivity contribution < 1.29 is 19.0 Å². The Balaban J connectivity index is 1.60. The number of thiophene rings is 1. The predicted molar refractivity (Wildman–Crippen MR) is 173 cm³/mol. The molecule has 0 bridgehead atoms. The van der Waals surface area contributed by atoms with E-state index in [2.05, 4.69) is 29.6 Å². The molecule has 2 aromatic heterocycles. The number of carbonyl (C=O) groups is 1. The van der Waals surface area contributed by atoms with Gasteiger partial charge in [0.1, 0.15) is 21.9 Å². The highest BCUT2D eigenvalue weighted by Crippen LogP contribution is 2.39. The number of nitrogens with one attached hydrogen (secondary N) is 1. The van der Waals surface area contributed by atoms with Gasteiger partial charge in [-0.1, -0.05) is 48.5 Å². The fraction of sp³-hybridized carbons (Fsp3) is 0.257. The van der Waals surface area contributed by atoms with E-state index in [1.54, 1.807) is 38.7 Å². The summed E-state index contributed by atoms with van der Waals surface area (Å²) in [6.45, 7) is 3.59. The monoisotopic (exact) mass is 596 g/mol. The first-order valence-electron chi connectivity index (χ1n) is 14.4. The van der Waals surface area contributed by atoms with Gasteiger partial charge in [0.25, 0.3) is 0 Å². The van der Waals surface area contributed by atoms with Crippen LogP contribution in [0.4, 0.5) is 0 Å². The molecule has 5 aromatic rings. The topological polar surface area (TPSA) is 78.8 Å². The Morgan fingerprint density at radius 3 is 2.40 bits per heavy atom. The molecule has 2 heterocycles. The fourth-order valence-electron chi connectivity index (χ4n) is 5.20. The Labute approximate surface area is 255 Å². The Kier molecular flexibility index (Phi) is 9.92. The van der Waals surface area contributed by atoms with Gasteiger partial charge in [0.15, 0.2) is 0 Å². The molecular formula is C35H36N2O5S. The summed E-state index contributed by atoms with van der Waals surface area (Å²) >= 11 is 1.55. The molecule has 0 saturated heterocycles. The number of pyridine rings is 1. The molecule has 0 amide bonds. The number of esters is 1. The lowest BCUT2D eigenvalue weighted by Crippen LogP contribution is -2.22. The smallest absolute Gasteiger partial charge is 0.343 e. The molecule has 0 fully saturated rings. The Morgan fingerprint density at radius 2 is 1.67 bits per heavy atom. The minimum Gasteiger partial charge on any atom is -0.497 e. The molecule has 0 aliphatic rings. The number of rotatable bonds is 13. The SMILES string of the molecule is CCOC(=O)c1cn(Cc2ccccc2OC)c2sc(-c3ccc(OC)cc3)c(CNCCCc3ccccc3)c2c1=O. The lowest BCUT2D eigenvalue weighted by molar-refractivity contribution is 0.0524. The maximum atomic E-state index is 14.0. The molecule has 7 nitrogen and oxygen atoms in total. The van der Waals surface area contributed by atoms with Crippen LogP contribution in [0, 0.1) is 0 Å². The number of benzene rings is 3. The molecule has 0 saturated carbocycles. The van der Waals surface area contributed by atoms with E-state index in [0.717, 1.165) is 57.3 Å². The summed E-state index contributed by atoms with van der Waals surface area (Å²) in [5, 5.41) is 4.10. The minimum absolute atomic E-state index is 0.0219. The number of fused-ring (bicyclic) bond motifs is 1. The van der Waals surface area contributed by atoms with Crippen LogP contribution in [-0.2, 0) is 24.2 Å². The van der Waals surface area contributed by atoms with Gasteiger partial charge in [-0.25, -0.2) is 4.79 Å². The fourth-order valence-corrected chi connectivity index (χ4v) is 6.50. The third-order valence-corrected chi connectivity index (χ3v) is 8.67. The molecule has 0 aliphatic carbocycles. The van der Waals surface area contributed by atoms with Gasteiger partial charge in [-0.15, -0.1) is 11.3 Å². The van der Waals surface area contributed by atoms with E-state index >= 15 is 0 Å². The zero-order chi connectivity index (χ0) is 30.2. The van der Waals surface area contributed by atoms with Crippen LogP contribution in [0.1, 0.15) is 40.4 Å². The zero-order valence-electron chi connectivity index (χ0n) is 24.7. The van der Waals surface area contributed by atoms with Crippen LogP contribution in [0.15, 0.2) is 89.9 Å². The van der Waals surface area contributed by atoms with Gasteiger partial charge in [-0.3, -0.25) is 4.79 Å². The molecule has 0 aliphatic heterocycles. The van der Waals surface area contributed by atoms with E-state index in [1.165, 1.54) is 5.56 Å². The van der Waals surface area contributed by atoms with Crippen LogP contribution in [-0.4, -0.2) is 37.9 Å². The van der Waals surface area contributed by atoms with Crippen molar-refractivity contribution in [2.45, 2.75) is 32.9 Å². The standard InChI is InChI=1S/C35H36N2O5S/c1-4-42-35(39)29-23-37(22-26-14-8-9-15-30(26)41-3)34-31(32(29)38)28(21-36-20-10-13-24-11-6-5-7-12-24)33(43-34)25-16-18-27(40-2)19-17-25/h5-9,11-12,14-19,23,36H,4,10,13,20-22H2,1-3H3. The Morgan fingerprint density at radius 1 is 0.930 bits per heavy atom. The molecule has 3 aromatic carbocycles. The van der Waals surface area contributed by atoms with Crippen molar-refractivity contribution >= 4 is 27.5 Å². The van der Waals surface area contributed by atoms with Crippen LogP contribution >= 0.6 is 11.3 Å². The number of nitrogens with zero attached hydrogens (tertiary/aromatic N) is 1. The third kappa shape index (κ3) is 6.82. The molecule has 1 N–H and O–H groups in total. The summed E-state index contributed by atoms with van der Waals surface area (Å²) in [6.07, 6.45) is 3.54. The summed E-state index contributed by atoms with van der Waals surface area (Å²) in [7, 11) is 3.28. The number of carbonyl (C=O) groups excluding carboxylic acids is 1. The first kappa shape index (κ1) is 30.1. The molecule has 0 radical (unpaired) electrons. The second-order valence-corrected chi connectivity index (χ2v) is 11.1. The number of para-hydroxylation sites is 1. The van der Waals surface area contributed by atoms with Gasteiger partial charge in [0.2, 0.25) is 5.43 Å². The number of hydrogen-bond acceptors (Lipinski definition) is 7. The third-order valence-electron chi connectivity index (χ3n) is 7.35. The highest BCUT2D eigenvalue weighted by molar-refractivity contribution is 7.22. The molecule has 43 heavy (non-hydrogen) atoms. The quantitative estimate of drug-likeness (QED) is 0.120. The average Bonchev–Trinajstić information content (AvgIpc) is 3.43. The van der Waals surface area contributed by atoms with E-state index in [9.17, 15) is 9.59 Å². The molecule has 5 rings (SSSR count). The zero-order valence-corrected chi connectivity index (χ0v) is 25.5. The Hall–Kier alpha value is -4.40. The van der Waals surface area contributed by atoms with E-state index in [-0.39, 0.29) is 17.6 Å². The van der Waals surface area contributed by atoms with Crippen molar-refractivity contribution in [3.8, 4) is 21.9 Å². The van der Waals surface area contributed by atoms with Crippen LogP contribution in [0.25, 0.3) is 20.7 Å². The van der Waals surface area contributed by atoms with Crippen molar-refractivity contribution in [1.29, 1.82) is 0 Å². The number of hydrogen-bond donors (Lipinski definition) is 1. The molecule has 0 spiro atoms. The van der Waals surface area contributed by atoms with Crippen molar-refractivity contribution in [2.24, 2.45) is 0 Å². The van der Waals surface area contributed by atoms with Crippen molar-refractivity contribution in [2.75, 3.05) is 27.4 Å². The van der Waals surface area contributed by atoms with Crippen molar-refractivity contribution in [3.63, 3.8) is 0 Å². The number of aryl methyl sites for hydroxylation is 1. The average molecular weight is 597 g/mol. The molecular weight excluding hydrogens is 560 g/mol. The highest BCUT2D eigenvalue weighted by atomic mass is 32.1. The second kappa shape index (κ2) is 14.2. The largest absolute Gasteiger partial charge is 0.497 e. The molecule has 222 valence electrons. The van der Waals surface area contributed by atoms with E-state index in [1.807, 2.05) is 59.2 Å². The maximum Gasteiger partial charge on any atom is 0.343 e. The van der Waals surface area contributed by atoms with Crippen LogP contribution in [0.5, 0.6) is 11.5 Å². The summed E-state index contributed by atoms with van der Waals surface area (Å²) in [5.74, 6) is 0.868. The van der Waals surface area contributed by atoms with E-state index in [0.29, 0.717) is 18.5 Å². The summed E-state index contributed by atoms with van der Waals surface area (Å²) in [6, 6.07) is 26.0. The van der Waals surface area contributed by atoms with Crippen LogP contribution in [0.2, 0.25) is 0 Å². The second-order valence-electron chi connectivity index (χ2n) is 10.1. The van der Waals surface area contributed by atoms with Gasteiger partial charge < -0.3 is 24.1 Å². The Bertz CT molecular complexity index is 1740. The highest BCUT2D eigenvalue weighted by Gasteiger charge is 2.24. The van der Waals surface area contributed by atoms with E-state index in [4.69, 9.17) is 14.2 Å². The molecule has 0 atom stereocenters. The van der Waals surface area contributed by atoms with Gasteiger partial charge in [0, 0.05) is 23.2 Å². The maximum absolute atomic E-state index is 14.0. The van der Waals surface area contributed by atoms with Crippen molar-refractivity contribution in [3.05, 3.63) is 118 Å².